The number of piperidine rings is 1. The molecular formula is C17H23N3O3S. The Morgan fingerprint density at radius 2 is 2.04 bits per heavy atom. The minimum absolute atomic E-state index is 0.0604. The molecule has 1 N–H and O–H groups in total. The first-order chi connectivity index (χ1) is 11.5. The van der Waals surface area contributed by atoms with Crippen LogP contribution in [-0.2, 0) is 10.0 Å². The number of sulfonamides is 1. The van der Waals surface area contributed by atoms with Gasteiger partial charge in [0.15, 0.2) is 0 Å². The average molecular weight is 349 g/mol. The minimum Gasteiger partial charge on any atom is -0.491 e. The van der Waals surface area contributed by atoms with Crippen molar-refractivity contribution in [3.63, 3.8) is 0 Å². The number of nitrogens with one attached hydrogen (secondary N) is 1. The maximum atomic E-state index is 12.9. The van der Waals surface area contributed by atoms with Crippen LogP contribution in [0.4, 0.5) is 0 Å². The van der Waals surface area contributed by atoms with Crippen molar-refractivity contribution in [1.82, 2.24) is 14.5 Å². The number of hydrogen-bond donors (Lipinski definition) is 1. The highest BCUT2D eigenvalue weighted by molar-refractivity contribution is 7.89. The van der Waals surface area contributed by atoms with Crippen molar-refractivity contribution in [2.24, 2.45) is 0 Å². The van der Waals surface area contributed by atoms with Crippen molar-refractivity contribution >= 4 is 10.0 Å². The smallest absolute Gasteiger partial charge is 0.243 e. The molecule has 1 atom stereocenters. The average Bonchev–Trinajstić information content (AvgIpc) is 3.09. The summed E-state index contributed by atoms with van der Waals surface area (Å²) in [6, 6.07) is 6.66. The van der Waals surface area contributed by atoms with Crippen LogP contribution in [0.5, 0.6) is 5.75 Å². The lowest BCUT2D eigenvalue weighted by molar-refractivity contribution is 0.242. The molecule has 0 bridgehead atoms. The summed E-state index contributed by atoms with van der Waals surface area (Å²) in [5.41, 5.74) is 1.07. The lowest BCUT2D eigenvalue weighted by Gasteiger charge is -2.31. The molecule has 0 amide bonds. The van der Waals surface area contributed by atoms with Crippen molar-refractivity contribution in [2.45, 2.75) is 43.6 Å². The van der Waals surface area contributed by atoms with Crippen LogP contribution in [0.15, 0.2) is 41.6 Å². The standard InChI is InChI=1S/C17H23N3O3S/c1-13(2)23-16-5-7-17(8-6-16)24(21,22)20-9-3-4-14(12-20)15-10-18-19-11-15/h5-8,10-11,13-14H,3-4,9,12H2,1-2H3,(H,18,19)/t14-/m1/s1. The molecule has 2 heterocycles. The Morgan fingerprint density at radius 3 is 2.67 bits per heavy atom. The molecule has 1 aromatic heterocycles. The van der Waals surface area contributed by atoms with E-state index in [1.54, 1.807) is 34.8 Å². The highest BCUT2D eigenvalue weighted by Gasteiger charge is 2.31. The fourth-order valence-electron chi connectivity index (χ4n) is 3.03. The third-order valence-electron chi connectivity index (χ3n) is 4.21. The number of hydrogen-bond acceptors (Lipinski definition) is 4. The third kappa shape index (κ3) is 3.62. The number of nitrogens with zero attached hydrogens (tertiary/aromatic N) is 2. The highest BCUT2D eigenvalue weighted by atomic mass is 32.2. The summed E-state index contributed by atoms with van der Waals surface area (Å²) in [7, 11) is -3.48. The Morgan fingerprint density at radius 1 is 1.29 bits per heavy atom. The van der Waals surface area contributed by atoms with Gasteiger partial charge in [-0.25, -0.2) is 8.42 Å². The van der Waals surface area contributed by atoms with E-state index in [1.165, 1.54) is 0 Å². The van der Waals surface area contributed by atoms with E-state index in [1.807, 2.05) is 20.0 Å². The van der Waals surface area contributed by atoms with E-state index >= 15 is 0 Å². The number of aromatic amines is 1. The van der Waals surface area contributed by atoms with Crippen LogP contribution in [0.2, 0.25) is 0 Å². The van der Waals surface area contributed by atoms with Crippen LogP contribution in [0.1, 0.15) is 38.2 Å². The summed E-state index contributed by atoms with van der Waals surface area (Å²) in [6.07, 6.45) is 5.51. The first kappa shape index (κ1) is 17.0. The monoisotopic (exact) mass is 349 g/mol. The van der Waals surface area contributed by atoms with Crippen molar-refractivity contribution in [3.05, 3.63) is 42.2 Å². The minimum atomic E-state index is -3.48. The largest absolute Gasteiger partial charge is 0.491 e. The van der Waals surface area contributed by atoms with Crippen molar-refractivity contribution < 1.29 is 13.2 Å². The summed E-state index contributed by atoms with van der Waals surface area (Å²) < 4.78 is 32.9. The summed E-state index contributed by atoms with van der Waals surface area (Å²) >= 11 is 0. The van der Waals surface area contributed by atoms with E-state index in [2.05, 4.69) is 10.2 Å². The van der Waals surface area contributed by atoms with Crippen molar-refractivity contribution in [3.8, 4) is 5.75 Å². The predicted octanol–water partition coefficient (Wildman–Crippen LogP) is 2.77. The molecule has 1 aliphatic rings. The molecule has 24 heavy (non-hydrogen) atoms. The van der Waals surface area contributed by atoms with Gasteiger partial charge >= 0.3 is 0 Å². The van der Waals surface area contributed by atoms with Gasteiger partial charge in [-0.15, -0.1) is 0 Å². The molecule has 0 aliphatic carbocycles. The maximum absolute atomic E-state index is 12.9. The van der Waals surface area contributed by atoms with Gasteiger partial charge < -0.3 is 4.74 Å². The van der Waals surface area contributed by atoms with Crippen LogP contribution in [0.25, 0.3) is 0 Å². The van der Waals surface area contributed by atoms with E-state index in [4.69, 9.17) is 4.74 Å². The lowest BCUT2D eigenvalue weighted by atomic mass is 9.94. The number of H-pyrrole nitrogens is 1. The second-order valence-electron chi connectivity index (χ2n) is 6.37. The van der Waals surface area contributed by atoms with Crippen molar-refractivity contribution in [1.29, 1.82) is 0 Å². The Balaban J connectivity index is 1.77. The first-order valence-corrected chi connectivity index (χ1v) is 9.66. The number of rotatable bonds is 5. The van der Waals surface area contributed by atoms with Crippen LogP contribution < -0.4 is 4.74 Å². The molecule has 1 fully saturated rings. The molecular weight excluding hydrogens is 326 g/mol. The molecule has 2 aromatic rings. The van der Waals surface area contributed by atoms with Crippen LogP contribution in [0, 0.1) is 0 Å². The number of benzene rings is 1. The quantitative estimate of drug-likeness (QED) is 0.900. The zero-order valence-corrected chi connectivity index (χ0v) is 14.8. The second-order valence-corrected chi connectivity index (χ2v) is 8.31. The van der Waals surface area contributed by atoms with Gasteiger partial charge in [-0.2, -0.15) is 9.40 Å². The van der Waals surface area contributed by atoms with E-state index in [9.17, 15) is 8.42 Å². The van der Waals surface area contributed by atoms with Crippen LogP contribution >= 0.6 is 0 Å². The molecule has 0 radical (unpaired) electrons. The maximum Gasteiger partial charge on any atom is 0.243 e. The van der Waals surface area contributed by atoms with Crippen LogP contribution in [0.3, 0.4) is 0 Å². The van der Waals surface area contributed by atoms with Gasteiger partial charge in [-0.3, -0.25) is 5.10 Å². The van der Waals surface area contributed by atoms with E-state index in [0.29, 0.717) is 23.7 Å². The van der Waals surface area contributed by atoms with Gasteiger partial charge in [-0.1, -0.05) is 0 Å². The van der Waals surface area contributed by atoms with Gasteiger partial charge in [0.2, 0.25) is 10.0 Å². The summed E-state index contributed by atoms with van der Waals surface area (Å²) in [6.45, 7) is 4.93. The number of aromatic nitrogens is 2. The Kier molecular flexibility index (Phi) is 4.91. The van der Waals surface area contributed by atoms with E-state index in [0.717, 1.165) is 18.4 Å². The lowest BCUT2D eigenvalue weighted by Crippen LogP contribution is -2.39. The zero-order valence-electron chi connectivity index (χ0n) is 14.0. The highest BCUT2D eigenvalue weighted by Crippen LogP contribution is 2.30. The molecule has 0 spiro atoms. The molecule has 0 saturated carbocycles. The topological polar surface area (TPSA) is 75.3 Å². The third-order valence-corrected chi connectivity index (χ3v) is 6.09. The van der Waals surface area contributed by atoms with Gasteiger partial charge in [-0.05, 0) is 56.5 Å². The van der Waals surface area contributed by atoms with Crippen molar-refractivity contribution in [2.75, 3.05) is 13.1 Å². The fourth-order valence-corrected chi connectivity index (χ4v) is 4.55. The van der Waals surface area contributed by atoms with E-state index in [-0.39, 0.29) is 12.0 Å². The van der Waals surface area contributed by atoms with Gasteiger partial charge in [0.1, 0.15) is 5.75 Å². The first-order valence-electron chi connectivity index (χ1n) is 8.22. The molecule has 1 aliphatic heterocycles. The Labute approximate surface area is 142 Å². The molecule has 130 valence electrons. The Bertz CT molecular complexity index is 755. The zero-order chi connectivity index (χ0) is 17.2. The Hall–Kier alpha value is -1.86. The van der Waals surface area contributed by atoms with Gasteiger partial charge in [0, 0.05) is 25.2 Å². The molecule has 0 unspecified atom stereocenters. The summed E-state index contributed by atoms with van der Waals surface area (Å²) in [5, 5.41) is 6.77. The second kappa shape index (κ2) is 6.94. The fraction of sp³-hybridized carbons (Fsp3) is 0.471. The molecule has 3 rings (SSSR count). The number of ether oxygens (including phenoxy) is 1. The molecule has 1 saturated heterocycles. The van der Waals surface area contributed by atoms with Gasteiger partial charge in [0.05, 0.1) is 17.2 Å². The summed E-state index contributed by atoms with van der Waals surface area (Å²) in [4.78, 5) is 0.312. The normalized spacial score (nSPS) is 19.5. The molecule has 1 aromatic carbocycles. The predicted molar refractivity (Wildman–Crippen MR) is 91.5 cm³/mol. The summed E-state index contributed by atoms with van der Waals surface area (Å²) in [5.74, 6) is 0.870. The van der Waals surface area contributed by atoms with Crippen LogP contribution in [-0.4, -0.2) is 42.1 Å². The van der Waals surface area contributed by atoms with E-state index < -0.39 is 10.0 Å². The molecule has 6 nitrogen and oxygen atoms in total. The van der Waals surface area contributed by atoms with Gasteiger partial charge in [0.25, 0.3) is 0 Å². The SMILES string of the molecule is CC(C)Oc1ccc(S(=O)(=O)N2CCC[C@@H](c3cn[nH]c3)C2)cc1. The molecule has 7 heteroatoms.